The molecule has 5 heteroatoms. The SMILES string of the molecule is COC(=O)CC1CC2CCC(C1)N2C(=O)OCC1c2ccccc2-c2ccccc21. The van der Waals surface area contributed by atoms with Crippen LogP contribution >= 0.6 is 0 Å². The van der Waals surface area contributed by atoms with Gasteiger partial charge < -0.3 is 14.4 Å². The summed E-state index contributed by atoms with van der Waals surface area (Å²) in [5, 5.41) is 0. The van der Waals surface area contributed by atoms with Gasteiger partial charge in [0, 0.05) is 24.4 Å². The second kappa shape index (κ2) is 7.78. The second-order valence-electron chi connectivity index (χ2n) is 8.71. The first-order chi connectivity index (χ1) is 14.7. The lowest BCUT2D eigenvalue weighted by Gasteiger charge is -2.38. The standard InChI is InChI=1S/C25H27NO4/c1-29-24(27)14-16-12-17-10-11-18(13-16)26(17)25(28)30-15-23-21-8-4-2-6-19(21)20-7-3-5-9-22(20)23/h2-9,16-18,23H,10-15H2,1H3. The van der Waals surface area contributed by atoms with E-state index in [2.05, 4.69) is 36.4 Å². The molecule has 5 nitrogen and oxygen atoms in total. The summed E-state index contributed by atoms with van der Waals surface area (Å²) in [4.78, 5) is 26.6. The van der Waals surface area contributed by atoms with Crippen LogP contribution in [0.3, 0.4) is 0 Å². The lowest BCUT2D eigenvalue weighted by molar-refractivity contribution is -0.142. The lowest BCUT2D eigenvalue weighted by Crippen LogP contribution is -2.47. The zero-order valence-electron chi connectivity index (χ0n) is 17.3. The molecule has 0 aromatic heterocycles. The molecule has 0 radical (unpaired) electrons. The summed E-state index contributed by atoms with van der Waals surface area (Å²) in [5.74, 6) is 0.220. The highest BCUT2D eigenvalue weighted by Crippen LogP contribution is 2.45. The molecule has 2 unspecified atom stereocenters. The van der Waals surface area contributed by atoms with Crippen LogP contribution in [0.25, 0.3) is 11.1 Å². The van der Waals surface area contributed by atoms with Crippen LogP contribution in [0.4, 0.5) is 4.79 Å². The van der Waals surface area contributed by atoms with Crippen LogP contribution in [0.1, 0.15) is 49.1 Å². The number of nitrogens with zero attached hydrogens (tertiary/aromatic N) is 1. The van der Waals surface area contributed by atoms with E-state index in [1.165, 1.54) is 29.4 Å². The molecule has 2 atom stereocenters. The van der Waals surface area contributed by atoms with E-state index in [1.54, 1.807) is 0 Å². The Balaban J connectivity index is 1.27. The maximum absolute atomic E-state index is 13.0. The Hall–Kier alpha value is -2.82. The summed E-state index contributed by atoms with van der Waals surface area (Å²) >= 11 is 0. The van der Waals surface area contributed by atoms with Gasteiger partial charge in [-0.1, -0.05) is 48.5 Å². The highest BCUT2D eigenvalue weighted by atomic mass is 16.6. The molecule has 5 rings (SSSR count). The molecule has 0 spiro atoms. The van der Waals surface area contributed by atoms with E-state index in [0.717, 1.165) is 25.7 Å². The van der Waals surface area contributed by atoms with Crippen LogP contribution in [0, 0.1) is 5.92 Å². The van der Waals surface area contributed by atoms with Crippen molar-refractivity contribution in [2.45, 2.75) is 50.1 Å². The lowest BCUT2D eigenvalue weighted by atomic mass is 9.88. The molecule has 2 saturated heterocycles. The largest absolute Gasteiger partial charge is 0.469 e. The van der Waals surface area contributed by atoms with E-state index in [1.807, 2.05) is 17.0 Å². The van der Waals surface area contributed by atoms with Gasteiger partial charge in [0.1, 0.15) is 6.61 Å². The van der Waals surface area contributed by atoms with Gasteiger partial charge in [-0.3, -0.25) is 4.79 Å². The fraction of sp³-hybridized carbons (Fsp3) is 0.440. The van der Waals surface area contributed by atoms with Crippen LogP contribution in [-0.4, -0.2) is 42.8 Å². The number of esters is 1. The van der Waals surface area contributed by atoms with E-state index >= 15 is 0 Å². The number of carbonyl (C=O) groups is 2. The Bertz CT molecular complexity index is 912. The predicted molar refractivity (Wildman–Crippen MR) is 113 cm³/mol. The molecule has 2 heterocycles. The van der Waals surface area contributed by atoms with Gasteiger partial charge in [-0.25, -0.2) is 4.79 Å². The van der Waals surface area contributed by atoms with Crippen molar-refractivity contribution >= 4 is 12.1 Å². The number of carbonyl (C=O) groups excluding carboxylic acids is 2. The van der Waals surface area contributed by atoms with Crippen molar-refractivity contribution in [1.29, 1.82) is 0 Å². The predicted octanol–water partition coefficient (Wildman–Crippen LogP) is 4.74. The Morgan fingerprint density at radius 3 is 2.07 bits per heavy atom. The zero-order chi connectivity index (χ0) is 20.7. The first kappa shape index (κ1) is 19.2. The number of piperidine rings is 1. The number of rotatable bonds is 4. The summed E-state index contributed by atoms with van der Waals surface area (Å²) in [6.07, 6.45) is 3.94. The molecule has 0 N–H and O–H groups in total. The van der Waals surface area contributed by atoms with Crippen molar-refractivity contribution in [3.05, 3.63) is 59.7 Å². The minimum atomic E-state index is -0.208. The van der Waals surface area contributed by atoms with Crippen molar-refractivity contribution in [2.75, 3.05) is 13.7 Å². The van der Waals surface area contributed by atoms with Gasteiger partial charge >= 0.3 is 12.1 Å². The topological polar surface area (TPSA) is 55.8 Å². The number of benzene rings is 2. The molecule has 2 bridgehead atoms. The van der Waals surface area contributed by atoms with E-state index in [4.69, 9.17) is 9.47 Å². The van der Waals surface area contributed by atoms with Crippen molar-refractivity contribution < 1.29 is 19.1 Å². The molecular weight excluding hydrogens is 378 g/mol. The third kappa shape index (κ3) is 3.26. The zero-order valence-corrected chi connectivity index (χ0v) is 17.3. The first-order valence-electron chi connectivity index (χ1n) is 10.9. The molecule has 2 fully saturated rings. The van der Waals surface area contributed by atoms with Crippen LogP contribution in [-0.2, 0) is 14.3 Å². The van der Waals surface area contributed by atoms with E-state index in [9.17, 15) is 9.59 Å². The fourth-order valence-electron chi connectivity index (χ4n) is 5.74. The Labute approximate surface area is 177 Å². The van der Waals surface area contributed by atoms with Crippen molar-refractivity contribution in [3.8, 4) is 11.1 Å². The maximum atomic E-state index is 13.0. The molecule has 2 aromatic carbocycles. The van der Waals surface area contributed by atoms with Crippen molar-refractivity contribution in [2.24, 2.45) is 5.92 Å². The monoisotopic (exact) mass is 405 g/mol. The van der Waals surface area contributed by atoms with Crippen LogP contribution in [0.2, 0.25) is 0 Å². The summed E-state index contributed by atoms with van der Waals surface area (Å²) in [7, 11) is 1.43. The van der Waals surface area contributed by atoms with Crippen LogP contribution in [0.5, 0.6) is 0 Å². The van der Waals surface area contributed by atoms with Crippen LogP contribution in [0.15, 0.2) is 48.5 Å². The number of hydrogen-bond acceptors (Lipinski definition) is 4. The average molecular weight is 405 g/mol. The number of ether oxygens (including phenoxy) is 2. The quantitative estimate of drug-likeness (QED) is 0.690. The Kier molecular flexibility index (Phi) is 4.97. The van der Waals surface area contributed by atoms with Crippen LogP contribution < -0.4 is 0 Å². The second-order valence-corrected chi connectivity index (χ2v) is 8.71. The van der Waals surface area contributed by atoms with Crippen molar-refractivity contribution in [3.63, 3.8) is 0 Å². The normalized spacial score (nSPS) is 24.3. The molecule has 1 aliphatic carbocycles. The van der Waals surface area contributed by atoms with Gasteiger partial charge in [0.2, 0.25) is 0 Å². The molecule has 2 aliphatic heterocycles. The fourth-order valence-corrected chi connectivity index (χ4v) is 5.74. The van der Waals surface area contributed by atoms with E-state index in [-0.39, 0.29) is 30.1 Å². The Morgan fingerprint density at radius 2 is 1.50 bits per heavy atom. The minimum absolute atomic E-state index is 0.0795. The minimum Gasteiger partial charge on any atom is -0.469 e. The molecule has 30 heavy (non-hydrogen) atoms. The molecule has 3 aliphatic rings. The highest BCUT2D eigenvalue weighted by Gasteiger charge is 2.44. The van der Waals surface area contributed by atoms with Gasteiger partial charge in [-0.05, 0) is 53.9 Å². The summed E-state index contributed by atoms with van der Waals surface area (Å²) < 4.78 is 10.7. The van der Waals surface area contributed by atoms with E-state index < -0.39 is 0 Å². The van der Waals surface area contributed by atoms with E-state index in [0.29, 0.717) is 18.9 Å². The number of methoxy groups -OCH3 is 1. The number of hydrogen-bond donors (Lipinski definition) is 0. The summed E-state index contributed by atoms with van der Waals surface area (Å²) in [6, 6.07) is 17.1. The van der Waals surface area contributed by atoms with Gasteiger partial charge in [-0.2, -0.15) is 0 Å². The summed E-state index contributed by atoms with van der Waals surface area (Å²) in [5.41, 5.74) is 4.92. The maximum Gasteiger partial charge on any atom is 0.410 e. The smallest absolute Gasteiger partial charge is 0.410 e. The van der Waals surface area contributed by atoms with Gasteiger partial charge in [0.15, 0.2) is 0 Å². The summed E-state index contributed by atoms with van der Waals surface area (Å²) in [6.45, 7) is 0.356. The van der Waals surface area contributed by atoms with Crippen molar-refractivity contribution in [1.82, 2.24) is 4.90 Å². The highest BCUT2D eigenvalue weighted by molar-refractivity contribution is 5.79. The number of fused-ring (bicyclic) bond motifs is 5. The first-order valence-corrected chi connectivity index (χ1v) is 10.9. The molecule has 0 saturated carbocycles. The van der Waals surface area contributed by atoms with Gasteiger partial charge in [-0.15, -0.1) is 0 Å². The van der Waals surface area contributed by atoms with Gasteiger partial charge in [0.25, 0.3) is 0 Å². The molecular formula is C25H27NO4. The van der Waals surface area contributed by atoms with Gasteiger partial charge in [0.05, 0.1) is 7.11 Å². The number of amides is 1. The molecule has 1 amide bonds. The Morgan fingerprint density at radius 1 is 0.933 bits per heavy atom. The molecule has 2 aromatic rings. The third-order valence-corrected chi connectivity index (χ3v) is 7.06. The third-order valence-electron chi connectivity index (χ3n) is 7.06. The average Bonchev–Trinajstić information content (AvgIpc) is 3.23. The molecule has 156 valence electrons.